The van der Waals surface area contributed by atoms with Gasteiger partial charge >= 0.3 is 0 Å². The third kappa shape index (κ3) is 5.25. The Morgan fingerprint density at radius 1 is 1.29 bits per heavy atom. The van der Waals surface area contributed by atoms with E-state index in [-0.39, 0.29) is 11.1 Å². The zero-order chi connectivity index (χ0) is 21.1. The number of rotatable bonds is 6. The number of aryl methyl sites for hydroxylation is 1. The van der Waals surface area contributed by atoms with Crippen LogP contribution in [0.5, 0.6) is 0 Å². The van der Waals surface area contributed by atoms with Gasteiger partial charge in [-0.25, -0.2) is 9.07 Å². The number of nitrogens with zero attached hydrogens (tertiary/aromatic N) is 2. The lowest BCUT2D eigenvalue weighted by molar-refractivity contribution is -0.120. The molecule has 2 amide bonds. The quantitative estimate of drug-likeness (QED) is 0.790. The predicted octanol–water partition coefficient (Wildman–Crippen LogP) is 2.09. The highest BCUT2D eigenvalue weighted by molar-refractivity contribution is 5.95. The van der Waals surface area contributed by atoms with Gasteiger partial charge in [-0.2, -0.15) is 5.10 Å². The summed E-state index contributed by atoms with van der Waals surface area (Å²) in [5.41, 5.74) is 4.74. The molecule has 0 bridgehead atoms. The zero-order valence-corrected chi connectivity index (χ0v) is 16.5. The first-order chi connectivity index (χ1) is 13.0. The molecule has 2 rings (SSSR count). The molecule has 1 atom stereocenters. The maximum Gasteiger partial charge on any atom is 0.276 e. The smallest absolute Gasteiger partial charge is 0.276 e. The maximum atomic E-state index is 14.1. The van der Waals surface area contributed by atoms with Crippen LogP contribution in [0.25, 0.3) is 5.69 Å². The monoisotopic (exact) mass is 388 g/mol. The van der Waals surface area contributed by atoms with E-state index in [1.54, 1.807) is 13.0 Å². The summed E-state index contributed by atoms with van der Waals surface area (Å²) in [6.45, 7) is 7.59. The second-order valence-electron chi connectivity index (χ2n) is 7.89. The van der Waals surface area contributed by atoms with Gasteiger partial charge in [-0.3, -0.25) is 14.4 Å². The minimum Gasteiger partial charge on any atom is -0.368 e. The van der Waals surface area contributed by atoms with Gasteiger partial charge in [0.15, 0.2) is 5.69 Å². The molecule has 0 spiro atoms. The largest absolute Gasteiger partial charge is 0.368 e. The molecule has 1 heterocycles. The molecule has 28 heavy (non-hydrogen) atoms. The van der Waals surface area contributed by atoms with Crippen molar-refractivity contribution in [3.63, 3.8) is 0 Å². The van der Waals surface area contributed by atoms with Crippen molar-refractivity contribution >= 4 is 11.8 Å². The fourth-order valence-electron chi connectivity index (χ4n) is 2.66. The Morgan fingerprint density at radius 2 is 1.93 bits per heavy atom. The molecule has 0 aliphatic rings. The Bertz CT molecular complexity index is 947. The number of aromatic nitrogens is 2. The number of amides is 2. The number of nitrogens with one attached hydrogen (secondary N) is 1. The van der Waals surface area contributed by atoms with Crippen LogP contribution >= 0.6 is 0 Å². The molecular formula is C20H25FN4O3. The second-order valence-corrected chi connectivity index (χ2v) is 7.89. The molecule has 0 saturated heterocycles. The molecule has 0 saturated carbocycles. The molecule has 150 valence electrons. The van der Waals surface area contributed by atoms with Crippen LogP contribution in [0.3, 0.4) is 0 Å². The van der Waals surface area contributed by atoms with Crippen LogP contribution in [-0.4, -0.2) is 27.6 Å². The maximum absolute atomic E-state index is 14.1. The van der Waals surface area contributed by atoms with Gasteiger partial charge in [0, 0.05) is 11.8 Å². The Labute approximate surface area is 162 Å². The molecule has 8 heteroatoms. The van der Waals surface area contributed by atoms with Crippen molar-refractivity contribution < 1.29 is 14.0 Å². The van der Waals surface area contributed by atoms with Gasteiger partial charge in [-0.05, 0) is 37.3 Å². The third-order valence-electron chi connectivity index (χ3n) is 4.23. The minimum absolute atomic E-state index is 0.0575. The molecule has 7 nitrogen and oxygen atoms in total. The van der Waals surface area contributed by atoms with E-state index in [1.807, 2.05) is 20.8 Å². The second kappa shape index (κ2) is 8.33. The minimum atomic E-state index is -0.934. The van der Waals surface area contributed by atoms with Crippen molar-refractivity contribution in [2.75, 3.05) is 0 Å². The van der Waals surface area contributed by atoms with Gasteiger partial charge in [-0.15, -0.1) is 0 Å². The summed E-state index contributed by atoms with van der Waals surface area (Å²) in [4.78, 5) is 36.6. The average molecular weight is 388 g/mol. The topological polar surface area (TPSA) is 107 Å². The van der Waals surface area contributed by atoms with Crippen LogP contribution in [0.1, 0.15) is 49.8 Å². The summed E-state index contributed by atoms with van der Waals surface area (Å²) in [6, 6.07) is 6.14. The lowest BCUT2D eigenvalue weighted by Crippen LogP contribution is -2.46. The lowest BCUT2D eigenvalue weighted by atomic mass is 9.88. The number of hydrogen-bond donors (Lipinski definition) is 2. The van der Waals surface area contributed by atoms with E-state index >= 15 is 0 Å². The molecule has 0 aliphatic carbocycles. The molecule has 0 fully saturated rings. The molecule has 0 radical (unpaired) electrons. The van der Waals surface area contributed by atoms with Gasteiger partial charge in [0.2, 0.25) is 11.3 Å². The Hall–Kier alpha value is -3.03. The SMILES string of the molecule is Cc1cc(=O)c(C(=O)NC(CCC(C)(C)C)C(N)=O)nn1-c1ccccc1F. The molecule has 1 aromatic carbocycles. The van der Waals surface area contributed by atoms with E-state index in [0.29, 0.717) is 18.5 Å². The van der Waals surface area contributed by atoms with Crippen LogP contribution in [0.2, 0.25) is 0 Å². The van der Waals surface area contributed by atoms with E-state index in [9.17, 15) is 18.8 Å². The van der Waals surface area contributed by atoms with Gasteiger partial charge in [0.25, 0.3) is 5.91 Å². The van der Waals surface area contributed by atoms with Crippen molar-refractivity contribution in [1.29, 1.82) is 0 Å². The summed E-state index contributed by atoms with van der Waals surface area (Å²) >= 11 is 0. The fraction of sp³-hybridized carbons (Fsp3) is 0.400. The lowest BCUT2D eigenvalue weighted by Gasteiger charge is -2.22. The number of carbonyl (C=O) groups is 2. The van der Waals surface area contributed by atoms with Crippen LogP contribution in [0.4, 0.5) is 4.39 Å². The van der Waals surface area contributed by atoms with Crippen molar-refractivity contribution in [2.45, 2.75) is 46.6 Å². The standard InChI is InChI=1S/C20H25FN4O3/c1-12-11-16(26)17(24-25(12)15-8-6-5-7-13(15)21)19(28)23-14(18(22)27)9-10-20(2,3)4/h5-8,11,14H,9-10H2,1-4H3,(H2,22,27)(H,23,28). The number of primary amides is 1. The van der Waals surface area contributed by atoms with Crippen LogP contribution in [0, 0.1) is 18.2 Å². The van der Waals surface area contributed by atoms with E-state index in [1.165, 1.54) is 28.9 Å². The highest BCUT2D eigenvalue weighted by Gasteiger charge is 2.24. The summed E-state index contributed by atoms with van der Waals surface area (Å²) in [5, 5.41) is 6.50. The van der Waals surface area contributed by atoms with E-state index < -0.39 is 34.8 Å². The zero-order valence-electron chi connectivity index (χ0n) is 16.5. The first-order valence-corrected chi connectivity index (χ1v) is 8.95. The Kier molecular flexibility index (Phi) is 6.33. The Balaban J connectivity index is 2.34. The Morgan fingerprint density at radius 3 is 2.50 bits per heavy atom. The van der Waals surface area contributed by atoms with Gasteiger partial charge in [0.05, 0.1) is 0 Å². The normalized spacial score (nSPS) is 12.5. The van der Waals surface area contributed by atoms with Crippen molar-refractivity contribution in [3.8, 4) is 5.69 Å². The van der Waals surface area contributed by atoms with Gasteiger partial charge in [0.1, 0.15) is 17.5 Å². The number of para-hydroxylation sites is 1. The molecule has 1 unspecified atom stereocenters. The summed E-state index contributed by atoms with van der Waals surface area (Å²) in [7, 11) is 0. The van der Waals surface area contributed by atoms with Crippen LogP contribution in [-0.2, 0) is 4.79 Å². The number of hydrogen-bond acceptors (Lipinski definition) is 4. The third-order valence-corrected chi connectivity index (χ3v) is 4.23. The van der Waals surface area contributed by atoms with Gasteiger partial charge < -0.3 is 11.1 Å². The van der Waals surface area contributed by atoms with Crippen LogP contribution in [0.15, 0.2) is 35.1 Å². The number of nitrogens with two attached hydrogens (primary N) is 1. The first kappa shape index (κ1) is 21.3. The summed E-state index contributed by atoms with van der Waals surface area (Å²) in [6.07, 6.45) is 0.972. The van der Waals surface area contributed by atoms with Crippen molar-refractivity contribution in [3.05, 3.63) is 57.8 Å². The number of halogens is 1. The van der Waals surface area contributed by atoms with Crippen LogP contribution < -0.4 is 16.5 Å². The highest BCUT2D eigenvalue weighted by atomic mass is 19.1. The molecule has 1 aromatic heterocycles. The van der Waals surface area contributed by atoms with E-state index in [2.05, 4.69) is 10.4 Å². The molecular weight excluding hydrogens is 363 g/mol. The van der Waals surface area contributed by atoms with E-state index in [4.69, 9.17) is 5.73 Å². The van der Waals surface area contributed by atoms with Gasteiger partial charge in [-0.1, -0.05) is 32.9 Å². The summed E-state index contributed by atoms with van der Waals surface area (Å²) < 4.78 is 15.3. The molecule has 3 N–H and O–H groups in total. The first-order valence-electron chi connectivity index (χ1n) is 8.95. The summed E-state index contributed by atoms with van der Waals surface area (Å²) in [5.74, 6) is -2.07. The molecule has 0 aliphatic heterocycles. The number of carbonyl (C=O) groups excluding carboxylic acids is 2. The van der Waals surface area contributed by atoms with Crippen molar-refractivity contribution in [1.82, 2.24) is 15.1 Å². The predicted molar refractivity (Wildman–Crippen MR) is 104 cm³/mol. The van der Waals surface area contributed by atoms with E-state index in [0.717, 1.165) is 0 Å². The number of benzene rings is 1. The van der Waals surface area contributed by atoms with Crippen molar-refractivity contribution in [2.24, 2.45) is 11.1 Å². The molecule has 2 aromatic rings. The fourth-order valence-corrected chi connectivity index (χ4v) is 2.66. The average Bonchev–Trinajstić information content (AvgIpc) is 2.58. The highest BCUT2D eigenvalue weighted by Crippen LogP contribution is 2.21.